The van der Waals surface area contributed by atoms with Crippen LogP contribution in [0.3, 0.4) is 0 Å². The molecule has 1 saturated carbocycles. The van der Waals surface area contributed by atoms with Crippen molar-refractivity contribution in [2.24, 2.45) is 11.8 Å². The van der Waals surface area contributed by atoms with Crippen LogP contribution in [0.5, 0.6) is 0 Å². The van der Waals surface area contributed by atoms with Gasteiger partial charge in [-0.3, -0.25) is 4.90 Å². The zero-order valence-electron chi connectivity index (χ0n) is 11.9. The second-order valence-electron chi connectivity index (χ2n) is 6.36. The van der Waals surface area contributed by atoms with Gasteiger partial charge < -0.3 is 5.32 Å². The van der Waals surface area contributed by atoms with E-state index >= 15 is 0 Å². The SMILES string of the molecule is CCCN(C1CCC(C(C)C)CC1)C1CNC1. The molecule has 2 heteroatoms. The molecule has 0 spiro atoms. The zero-order valence-corrected chi connectivity index (χ0v) is 11.9. The molecule has 17 heavy (non-hydrogen) atoms. The molecule has 2 rings (SSSR count). The van der Waals surface area contributed by atoms with Gasteiger partial charge in [0.2, 0.25) is 0 Å². The Hall–Kier alpha value is -0.0800. The molecule has 2 nitrogen and oxygen atoms in total. The first-order valence-corrected chi connectivity index (χ1v) is 7.68. The third kappa shape index (κ3) is 3.23. The van der Waals surface area contributed by atoms with E-state index in [0.717, 1.165) is 23.9 Å². The van der Waals surface area contributed by atoms with Crippen LogP contribution in [-0.4, -0.2) is 36.6 Å². The van der Waals surface area contributed by atoms with Crippen LogP contribution >= 0.6 is 0 Å². The van der Waals surface area contributed by atoms with Crippen molar-refractivity contribution in [1.82, 2.24) is 10.2 Å². The Kier molecular flexibility index (Phi) is 4.87. The summed E-state index contributed by atoms with van der Waals surface area (Å²) in [7, 11) is 0. The Morgan fingerprint density at radius 3 is 2.12 bits per heavy atom. The maximum atomic E-state index is 3.42. The molecule has 100 valence electrons. The highest BCUT2D eigenvalue weighted by molar-refractivity contribution is 4.90. The topological polar surface area (TPSA) is 15.3 Å². The lowest BCUT2D eigenvalue weighted by Crippen LogP contribution is -2.60. The van der Waals surface area contributed by atoms with Gasteiger partial charge in [-0.15, -0.1) is 0 Å². The van der Waals surface area contributed by atoms with E-state index < -0.39 is 0 Å². The van der Waals surface area contributed by atoms with Gasteiger partial charge in [0.15, 0.2) is 0 Å². The predicted molar refractivity (Wildman–Crippen MR) is 74.2 cm³/mol. The smallest absolute Gasteiger partial charge is 0.0348 e. The minimum atomic E-state index is 0.843. The van der Waals surface area contributed by atoms with Gasteiger partial charge in [-0.25, -0.2) is 0 Å². The first kappa shape index (κ1) is 13.4. The van der Waals surface area contributed by atoms with E-state index in [1.807, 2.05) is 0 Å². The number of nitrogens with one attached hydrogen (secondary N) is 1. The van der Waals surface area contributed by atoms with E-state index in [-0.39, 0.29) is 0 Å². The molecule has 1 saturated heterocycles. The highest BCUT2D eigenvalue weighted by Gasteiger charge is 2.32. The number of rotatable bonds is 5. The molecule has 0 aromatic carbocycles. The number of hydrogen-bond acceptors (Lipinski definition) is 2. The van der Waals surface area contributed by atoms with Crippen LogP contribution in [0.1, 0.15) is 52.9 Å². The van der Waals surface area contributed by atoms with Crippen molar-refractivity contribution in [1.29, 1.82) is 0 Å². The Morgan fingerprint density at radius 2 is 1.71 bits per heavy atom. The van der Waals surface area contributed by atoms with Gasteiger partial charge in [0.25, 0.3) is 0 Å². The lowest BCUT2D eigenvalue weighted by molar-refractivity contribution is 0.0581. The molecule has 0 atom stereocenters. The van der Waals surface area contributed by atoms with Crippen molar-refractivity contribution in [3.63, 3.8) is 0 Å². The van der Waals surface area contributed by atoms with Crippen LogP contribution < -0.4 is 5.32 Å². The molecule has 0 radical (unpaired) electrons. The van der Waals surface area contributed by atoms with E-state index in [2.05, 4.69) is 31.0 Å². The largest absolute Gasteiger partial charge is 0.314 e. The summed E-state index contributed by atoms with van der Waals surface area (Å²) in [6, 6.07) is 1.73. The predicted octanol–water partition coefficient (Wildman–Crippen LogP) is 2.89. The highest BCUT2D eigenvalue weighted by Crippen LogP contribution is 2.33. The summed E-state index contributed by atoms with van der Waals surface area (Å²) < 4.78 is 0. The molecule has 0 bridgehead atoms. The highest BCUT2D eigenvalue weighted by atomic mass is 15.3. The van der Waals surface area contributed by atoms with Gasteiger partial charge in [0, 0.05) is 25.2 Å². The average Bonchev–Trinajstić information content (AvgIpc) is 2.26. The zero-order chi connectivity index (χ0) is 12.3. The molecule has 0 unspecified atom stereocenters. The van der Waals surface area contributed by atoms with E-state index in [1.54, 1.807) is 0 Å². The molecule has 1 heterocycles. The fourth-order valence-corrected chi connectivity index (χ4v) is 3.53. The minimum absolute atomic E-state index is 0.843. The molecule has 0 aromatic heterocycles. The van der Waals surface area contributed by atoms with E-state index in [0.29, 0.717) is 0 Å². The summed E-state index contributed by atoms with van der Waals surface area (Å²) in [5.41, 5.74) is 0. The van der Waals surface area contributed by atoms with Crippen LogP contribution in [0.4, 0.5) is 0 Å². The Balaban J connectivity index is 1.84. The van der Waals surface area contributed by atoms with Crippen molar-refractivity contribution < 1.29 is 0 Å². The van der Waals surface area contributed by atoms with E-state index in [9.17, 15) is 0 Å². The summed E-state index contributed by atoms with van der Waals surface area (Å²) in [6.07, 6.45) is 7.12. The van der Waals surface area contributed by atoms with Crippen molar-refractivity contribution in [3.8, 4) is 0 Å². The van der Waals surface area contributed by atoms with E-state index in [1.165, 1.54) is 51.7 Å². The maximum absolute atomic E-state index is 3.42. The van der Waals surface area contributed by atoms with Crippen molar-refractivity contribution >= 4 is 0 Å². The van der Waals surface area contributed by atoms with Gasteiger partial charge >= 0.3 is 0 Å². The molecule has 0 aromatic rings. The number of nitrogens with zero attached hydrogens (tertiary/aromatic N) is 1. The standard InChI is InChI=1S/C15H30N2/c1-4-9-17(15-10-16-11-15)14-7-5-13(6-8-14)12(2)3/h12-16H,4-11H2,1-3H3. The first-order valence-electron chi connectivity index (χ1n) is 7.68. The monoisotopic (exact) mass is 238 g/mol. The van der Waals surface area contributed by atoms with Gasteiger partial charge in [0.05, 0.1) is 0 Å². The third-order valence-corrected chi connectivity index (χ3v) is 4.86. The second kappa shape index (κ2) is 6.19. The molecule has 0 amide bonds. The van der Waals surface area contributed by atoms with Crippen LogP contribution in [0.15, 0.2) is 0 Å². The number of hydrogen-bond donors (Lipinski definition) is 1. The van der Waals surface area contributed by atoms with Gasteiger partial charge in [-0.05, 0) is 50.5 Å². The molecule has 1 N–H and O–H groups in total. The van der Waals surface area contributed by atoms with Crippen molar-refractivity contribution in [3.05, 3.63) is 0 Å². The molecule has 2 fully saturated rings. The Labute approximate surface area is 107 Å². The summed E-state index contributed by atoms with van der Waals surface area (Å²) in [4.78, 5) is 2.81. The van der Waals surface area contributed by atoms with Crippen LogP contribution in [0.25, 0.3) is 0 Å². The first-order chi connectivity index (χ1) is 8.22. The lowest BCUT2D eigenvalue weighted by Gasteiger charge is -2.45. The Bertz CT molecular complexity index is 215. The Morgan fingerprint density at radius 1 is 1.06 bits per heavy atom. The summed E-state index contributed by atoms with van der Waals surface area (Å²) in [5.74, 6) is 1.88. The van der Waals surface area contributed by atoms with Gasteiger partial charge in [-0.1, -0.05) is 20.8 Å². The summed E-state index contributed by atoms with van der Waals surface area (Å²) >= 11 is 0. The quantitative estimate of drug-likeness (QED) is 0.792. The van der Waals surface area contributed by atoms with Crippen molar-refractivity contribution in [2.45, 2.75) is 65.0 Å². The van der Waals surface area contributed by atoms with Crippen molar-refractivity contribution in [2.75, 3.05) is 19.6 Å². The fourth-order valence-electron chi connectivity index (χ4n) is 3.53. The fraction of sp³-hybridized carbons (Fsp3) is 1.00. The summed E-state index contributed by atoms with van der Waals surface area (Å²) in [5, 5.41) is 3.42. The summed E-state index contributed by atoms with van der Waals surface area (Å²) in [6.45, 7) is 10.9. The average molecular weight is 238 g/mol. The van der Waals surface area contributed by atoms with E-state index in [4.69, 9.17) is 0 Å². The van der Waals surface area contributed by atoms with Crippen LogP contribution in [0, 0.1) is 11.8 Å². The minimum Gasteiger partial charge on any atom is -0.314 e. The maximum Gasteiger partial charge on any atom is 0.0348 e. The molecule has 1 aliphatic heterocycles. The third-order valence-electron chi connectivity index (χ3n) is 4.86. The van der Waals surface area contributed by atoms with Crippen LogP contribution in [-0.2, 0) is 0 Å². The molecular weight excluding hydrogens is 208 g/mol. The lowest BCUT2D eigenvalue weighted by atomic mass is 9.79. The second-order valence-corrected chi connectivity index (χ2v) is 6.36. The van der Waals surface area contributed by atoms with Gasteiger partial charge in [-0.2, -0.15) is 0 Å². The normalized spacial score (nSPS) is 30.9. The molecular formula is C15H30N2. The molecule has 1 aliphatic carbocycles. The van der Waals surface area contributed by atoms with Crippen LogP contribution in [0.2, 0.25) is 0 Å². The molecule has 2 aliphatic rings. The van der Waals surface area contributed by atoms with Gasteiger partial charge in [0.1, 0.15) is 0 Å².